The van der Waals surface area contributed by atoms with Crippen molar-refractivity contribution in [3.8, 4) is 0 Å². The van der Waals surface area contributed by atoms with Gasteiger partial charge >= 0.3 is 7.60 Å². The van der Waals surface area contributed by atoms with E-state index in [9.17, 15) is 14.3 Å². The number of imidazole rings is 1. The fourth-order valence-electron chi connectivity index (χ4n) is 5.01. The monoisotopic (exact) mass is 573 g/mol. The van der Waals surface area contributed by atoms with Gasteiger partial charge in [-0.3, -0.25) is 9.36 Å². The number of benzene rings is 1. The molecule has 0 radical (unpaired) electrons. The largest absolute Gasteiger partial charge is 0.412 e. The molecule has 5 atom stereocenters. The SMILES string of the molecule is COP(=O)(O)CCC1CC(n2cnc3c(NC(=O)c4ccccc4)ncnc32)C(O[Si](C)(C)C(C)(C)C)C1C. The van der Waals surface area contributed by atoms with E-state index < -0.39 is 15.9 Å². The first-order chi connectivity index (χ1) is 18.2. The minimum Gasteiger partial charge on any atom is -0.412 e. The van der Waals surface area contributed by atoms with Gasteiger partial charge in [0.25, 0.3) is 5.91 Å². The molecule has 1 fully saturated rings. The van der Waals surface area contributed by atoms with Crippen molar-refractivity contribution in [3.63, 3.8) is 0 Å². The number of rotatable bonds is 9. The van der Waals surface area contributed by atoms with Gasteiger partial charge in [-0.05, 0) is 54.9 Å². The van der Waals surface area contributed by atoms with Gasteiger partial charge in [-0.25, -0.2) is 15.0 Å². The lowest BCUT2D eigenvalue weighted by molar-refractivity contribution is 0.102. The summed E-state index contributed by atoms with van der Waals surface area (Å²) in [5.41, 5.74) is 1.64. The van der Waals surface area contributed by atoms with Gasteiger partial charge in [0.1, 0.15) is 6.33 Å². The summed E-state index contributed by atoms with van der Waals surface area (Å²) in [4.78, 5) is 36.3. The zero-order valence-corrected chi connectivity index (χ0v) is 25.7. The number of carbonyl (C=O) groups is 1. The predicted molar refractivity (Wildman–Crippen MR) is 154 cm³/mol. The van der Waals surface area contributed by atoms with Gasteiger partial charge in [-0.1, -0.05) is 45.9 Å². The number of carbonyl (C=O) groups excluding carboxylic acids is 1. The number of amides is 1. The summed E-state index contributed by atoms with van der Waals surface area (Å²) in [5.74, 6) is 0.359. The Morgan fingerprint density at radius 1 is 1.21 bits per heavy atom. The average Bonchev–Trinajstić information content (AvgIpc) is 3.44. The molecular weight excluding hydrogens is 533 g/mol. The molecule has 5 unspecified atom stereocenters. The van der Waals surface area contributed by atoms with Gasteiger partial charge in [0.2, 0.25) is 0 Å². The highest BCUT2D eigenvalue weighted by atomic mass is 31.2. The molecule has 1 aromatic carbocycles. The van der Waals surface area contributed by atoms with Crippen LogP contribution in [0.5, 0.6) is 0 Å². The molecule has 2 aromatic heterocycles. The standard InChI is InChI=1S/C27H40N5O5PSi/c1-18-20(13-14-38(34,35)36-5)15-21(23(18)37-39(6,7)27(2,3)4)32-17-30-22-24(28-16-29-25(22)32)31-26(33)19-11-9-8-10-12-19/h8-12,16-18,20-21,23H,13-15H2,1-7H3,(H,34,35)(H,28,29,31,33). The van der Waals surface area contributed by atoms with Crippen molar-refractivity contribution < 1.29 is 23.2 Å². The van der Waals surface area contributed by atoms with Gasteiger partial charge in [-0.15, -0.1) is 0 Å². The smallest absolute Gasteiger partial charge is 0.327 e. The molecule has 1 aliphatic carbocycles. The van der Waals surface area contributed by atoms with Crippen LogP contribution in [0.4, 0.5) is 5.82 Å². The van der Waals surface area contributed by atoms with Crippen molar-refractivity contribution in [2.75, 3.05) is 18.6 Å². The molecule has 12 heteroatoms. The summed E-state index contributed by atoms with van der Waals surface area (Å²) in [6.45, 7) is 13.3. The first-order valence-corrected chi connectivity index (χ1v) is 18.0. The molecule has 3 aromatic rings. The van der Waals surface area contributed by atoms with E-state index in [1.165, 1.54) is 13.4 Å². The third kappa shape index (κ3) is 6.33. The van der Waals surface area contributed by atoms with Crippen molar-refractivity contribution in [2.45, 2.75) is 70.8 Å². The molecule has 1 aliphatic rings. The van der Waals surface area contributed by atoms with Crippen LogP contribution in [-0.2, 0) is 13.5 Å². The maximum absolute atomic E-state index is 12.8. The van der Waals surface area contributed by atoms with Crippen molar-refractivity contribution in [3.05, 3.63) is 48.5 Å². The van der Waals surface area contributed by atoms with E-state index >= 15 is 0 Å². The van der Waals surface area contributed by atoms with Gasteiger partial charge in [0.05, 0.1) is 24.6 Å². The van der Waals surface area contributed by atoms with E-state index in [1.54, 1.807) is 18.5 Å². The van der Waals surface area contributed by atoms with Gasteiger partial charge < -0.3 is 23.7 Å². The lowest BCUT2D eigenvalue weighted by Gasteiger charge is -2.41. The summed E-state index contributed by atoms with van der Waals surface area (Å²) in [5, 5.41) is 2.89. The van der Waals surface area contributed by atoms with E-state index in [4.69, 9.17) is 8.95 Å². The normalized spacial score (nSPS) is 23.6. The molecule has 1 amide bonds. The van der Waals surface area contributed by atoms with Crippen LogP contribution in [0.15, 0.2) is 43.0 Å². The number of hydrogen-bond acceptors (Lipinski definition) is 7. The Balaban J connectivity index is 1.68. The number of fused-ring (bicyclic) bond motifs is 1. The van der Waals surface area contributed by atoms with Gasteiger partial charge in [0.15, 0.2) is 25.3 Å². The Hall–Kier alpha value is -2.43. The molecule has 10 nitrogen and oxygen atoms in total. The maximum Gasteiger partial charge on any atom is 0.327 e. The zero-order valence-electron chi connectivity index (χ0n) is 23.8. The molecule has 0 spiro atoms. The summed E-state index contributed by atoms with van der Waals surface area (Å²) >= 11 is 0. The number of nitrogens with one attached hydrogen (secondary N) is 1. The van der Waals surface area contributed by atoms with Crippen molar-refractivity contribution in [2.24, 2.45) is 11.8 Å². The highest BCUT2D eigenvalue weighted by molar-refractivity contribution is 7.52. The second kappa shape index (κ2) is 11.2. The lowest BCUT2D eigenvalue weighted by Crippen LogP contribution is -2.46. The molecule has 0 bridgehead atoms. The fraction of sp³-hybridized carbons (Fsp3) is 0.556. The van der Waals surface area contributed by atoms with E-state index in [1.807, 2.05) is 22.8 Å². The number of hydrogen-bond donors (Lipinski definition) is 2. The van der Waals surface area contributed by atoms with Gasteiger partial charge in [0, 0.05) is 12.7 Å². The minimum atomic E-state index is -3.62. The molecular formula is C27H40N5O5PSi. The van der Waals surface area contributed by atoms with Crippen LogP contribution < -0.4 is 5.32 Å². The Morgan fingerprint density at radius 3 is 2.54 bits per heavy atom. The molecule has 2 N–H and O–H groups in total. The lowest BCUT2D eigenvalue weighted by atomic mass is 9.95. The number of anilines is 1. The zero-order chi connectivity index (χ0) is 28.6. The molecule has 2 heterocycles. The first-order valence-electron chi connectivity index (χ1n) is 13.3. The molecule has 4 rings (SSSR count). The van der Waals surface area contributed by atoms with Gasteiger partial charge in [-0.2, -0.15) is 0 Å². The Morgan fingerprint density at radius 2 is 1.90 bits per heavy atom. The Kier molecular flexibility index (Phi) is 8.49. The summed E-state index contributed by atoms with van der Waals surface area (Å²) in [6, 6.07) is 8.86. The second-order valence-corrected chi connectivity index (χ2v) is 18.8. The van der Waals surface area contributed by atoms with Crippen LogP contribution >= 0.6 is 7.60 Å². The van der Waals surface area contributed by atoms with Crippen molar-refractivity contribution in [1.29, 1.82) is 0 Å². The highest BCUT2D eigenvalue weighted by Gasteiger charge is 2.48. The summed E-state index contributed by atoms with van der Waals surface area (Å²) in [7, 11) is -4.49. The first kappa shape index (κ1) is 29.5. The van der Waals surface area contributed by atoms with E-state index in [2.05, 4.69) is 61.1 Å². The van der Waals surface area contributed by atoms with Crippen LogP contribution in [0.2, 0.25) is 18.1 Å². The van der Waals surface area contributed by atoms with Crippen molar-refractivity contribution >= 4 is 38.8 Å². The van der Waals surface area contributed by atoms with E-state index in [0.717, 1.165) is 6.42 Å². The van der Waals surface area contributed by atoms with Crippen LogP contribution in [-0.4, -0.2) is 58.0 Å². The molecule has 212 valence electrons. The average molecular weight is 574 g/mol. The third-order valence-electron chi connectivity index (χ3n) is 8.47. The second-order valence-electron chi connectivity index (χ2n) is 12.0. The summed E-state index contributed by atoms with van der Waals surface area (Å²) < 4.78 is 26.1. The van der Waals surface area contributed by atoms with Crippen LogP contribution in [0, 0.1) is 11.8 Å². The highest BCUT2D eigenvalue weighted by Crippen LogP contribution is 2.50. The third-order valence-corrected chi connectivity index (χ3v) is 14.3. The quantitative estimate of drug-likeness (QED) is 0.240. The van der Waals surface area contributed by atoms with Crippen LogP contribution in [0.3, 0.4) is 0 Å². The topological polar surface area (TPSA) is 128 Å². The number of nitrogens with zero attached hydrogens (tertiary/aromatic N) is 4. The Bertz CT molecular complexity index is 1360. The van der Waals surface area contributed by atoms with E-state index in [-0.39, 0.29) is 41.1 Å². The van der Waals surface area contributed by atoms with Crippen LogP contribution in [0.1, 0.15) is 56.9 Å². The number of aromatic nitrogens is 4. The molecule has 39 heavy (non-hydrogen) atoms. The minimum absolute atomic E-state index is 0.0142. The van der Waals surface area contributed by atoms with E-state index in [0.29, 0.717) is 29.0 Å². The maximum atomic E-state index is 12.8. The molecule has 0 saturated heterocycles. The summed E-state index contributed by atoms with van der Waals surface area (Å²) in [6.07, 6.45) is 4.43. The van der Waals surface area contributed by atoms with Crippen LogP contribution in [0.25, 0.3) is 11.2 Å². The molecule has 0 aliphatic heterocycles. The van der Waals surface area contributed by atoms with Crippen molar-refractivity contribution in [1.82, 2.24) is 19.5 Å². The Labute approximate surface area is 231 Å². The predicted octanol–water partition coefficient (Wildman–Crippen LogP) is 5.89. The molecule has 1 saturated carbocycles. The fourth-order valence-corrected chi connectivity index (χ4v) is 7.25.